The summed E-state index contributed by atoms with van der Waals surface area (Å²) >= 11 is 5.46. The van der Waals surface area contributed by atoms with E-state index in [9.17, 15) is 4.79 Å². The Kier molecular flexibility index (Phi) is 3.63. The van der Waals surface area contributed by atoms with Crippen LogP contribution in [0.3, 0.4) is 0 Å². The number of aromatic nitrogens is 2. The molecule has 0 saturated heterocycles. The van der Waals surface area contributed by atoms with Gasteiger partial charge in [-0.05, 0) is 34.6 Å². The van der Waals surface area contributed by atoms with Crippen LogP contribution in [0.25, 0.3) is 0 Å². The summed E-state index contributed by atoms with van der Waals surface area (Å²) in [4.78, 5) is 11.3. The molecule has 1 aromatic rings. The summed E-state index contributed by atoms with van der Waals surface area (Å²) in [7, 11) is 0. The maximum Gasteiger partial charge on any atom is 0.239 e. The molecule has 0 aliphatic heterocycles. The van der Waals surface area contributed by atoms with E-state index in [1.54, 1.807) is 0 Å². The van der Waals surface area contributed by atoms with Crippen molar-refractivity contribution >= 4 is 23.2 Å². The molecule has 4 nitrogen and oxygen atoms in total. The van der Waals surface area contributed by atoms with Gasteiger partial charge in [-0.1, -0.05) is 0 Å². The molecule has 0 fully saturated rings. The van der Waals surface area contributed by atoms with Crippen molar-refractivity contribution in [3.63, 3.8) is 0 Å². The van der Waals surface area contributed by atoms with Crippen LogP contribution in [0.5, 0.6) is 0 Å². The molecule has 5 heteroatoms. The van der Waals surface area contributed by atoms with Crippen LogP contribution in [0, 0.1) is 13.8 Å². The second-order valence-electron chi connectivity index (χ2n) is 4.81. The Bertz CT molecular complexity index is 404. The van der Waals surface area contributed by atoms with Gasteiger partial charge in [0, 0.05) is 0 Å². The van der Waals surface area contributed by atoms with E-state index in [4.69, 9.17) is 11.6 Å². The Morgan fingerprint density at radius 3 is 2.38 bits per heavy atom. The second-order valence-corrected chi connectivity index (χ2v) is 5.08. The maximum atomic E-state index is 11.3. The lowest BCUT2D eigenvalue weighted by Gasteiger charge is -2.21. The Hall–Kier alpha value is -1.03. The average Bonchev–Trinajstić information content (AvgIpc) is 2.44. The number of amides is 1. The SMILES string of the molecule is Cc1nn(C(C)(C)C)c(C)c1NC(=O)CCl. The fraction of sp³-hybridized carbons (Fsp3) is 0.636. The first-order valence-electron chi connectivity index (χ1n) is 5.20. The summed E-state index contributed by atoms with van der Waals surface area (Å²) in [6.45, 7) is 10.0. The minimum atomic E-state index is -0.207. The van der Waals surface area contributed by atoms with Crippen molar-refractivity contribution in [1.29, 1.82) is 0 Å². The molecule has 0 unspecified atom stereocenters. The van der Waals surface area contributed by atoms with Gasteiger partial charge >= 0.3 is 0 Å². The van der Waals surface area contributed by atoms with Crippen molar-refractivity contribution in [3.8, 4) is 0 Å². The predicted octanol–water partition coefficient (Wildman–Crippen LogP) is 2.43. The van der Waals surface area contributed by atoms with Crippen molar-refractivity contribution in [3.05, 3.63) is 11.4 Å². The zero-order valence-corrected chi connectivity index (χ0v) is 11.1. The normalized spacial score (nSPS) is 11.6. The van der Waals surface area contributed by atoms with E-state index in [2.05, 4.69) is 31.2 Å². The summed E-state index contributed by atoms with van der Waals surface area (Å²) in [5.41, 5.74) is 2.42. The van der Waals surface area contributed by atoms with Crippen molar-refractivity contribution in [2.45, 2.75) is 40.2 Å². The Morgan fingerprint density at radius 2 is 2.00 bits per heavy atom. The third-order valence-electron chi connectivity index (χ3n) is 2.31. The van der Waals surface area contributed by atoms with Gasteiger partial charge in [0.05, 0.1) is 22.6 Å². The summed E-state index contributed by atoms with van der Waals surface area (Å²) in [6, 6.07) is 0. The van der Waals surface area contributed by atoms with Crippen molar-refractivity contribution in [2.24, 2.45) is 0 Å². The average molecular weight is 244 g/mol. The number of hydrogen-bond acceptors (Lipinski definition) is 2. The van der Waals surface area contributed by atoms with E-state index in [0.29, 0.717) is 0 Å². The van der Waals surface area contributed by atoms with Gasteiger partial charge in [-0.15, -0.1) is 11.6 Å². The number of carbonyl (C=O) groups excluding carboxylic acids is 1. The highest BCUT2D eigenvalue weighted by atomic mass is 35.5. The molecule has 0 spiro atoms. The molecule has 90 valence electrons. The van der Waals surface area contributed by atoms with Gasteiger partial charge in [0.25, 0.3) is 0 Å². The summed E-state index contributed by atoms with van der Waals surface area (Å²) in [6.07, 6.45) is 0. The molecule has 1 N–H and O–H groups in total. The first kappa shape index (κ1) is 13.0. The summed E-state index contributed by atoms with van der Waals surface area (Å²) in [5, 5.41) is 7.19. The summed E-state index contributed by atoms with van der Waals surface area (Å²) < 4.78 is 1.91. The van der Waals surface area contributed by atoms with Crippen LogP contribution in [-0.4, -0.2) is 21.6 Å². The monoisotopic (exact) mass is 243 g/mol. The van der Waals surface area contributed by atoms with Crippen LogP contribution in [0.15, 0.2) is 0 Å². The summed E-state index contributed by atoms with van der Waals surface area (Å²) in [5.74, 6) is -0.249. The molecule has 0 radical (unpaired) electrons. The van der Waals surface area contributed by atoms with Gasteiger partial charge in [0.2, 0.25) is 5.91 Å². The lowest BCUT2D eigenvalue weighted by atomic mass is 10.1. The van der Waals surface area contributed by atoms with Crippen molar-refractivity contribution in [1.82, 2.24) is 9.78 Å². The highest BCUT2D eigenvalue weighted by Crippen LogP contribution is 2.25. The van der Waals surface area contributed by atoms with Crippen LogP contribution in [0.4, 0.5) is 5.69 Å². The molecule has 0 aliphatic rings. The number of anilines is 1. The zero-order valence-electron chi connectivity index (χ0n) is 10.4. The van der Waals surface area contributed by atoms with E-state index in [1.807, 2.05) is 18.5 Å². The van der Waals surface area contributed by atoms with Gasteiger partial charge in [-0.25, -0.2) is 0 Å². The van der Waals surface area contributed by atoms with E-state index in [1.165, 1.54) is 0 Å². The van der Waals surface area contributed by atoms with E-state index in [0.717, 1.165) is 17.1 Å². The lowest BCUT2D eigenvalue weighted by molar-refractivity contribution is -0.113. The number of carbonyl (C=O) groups is 1. The van der Waals surface area contributed by atoms with Gasteiger partial charge in [0.1, 0.15) is 5.88 Å². The van der Waals surface area contributed by atoms with Crippen LogP contribution in [0.1, 0.15) is 32.2 Å². The number of hydrogen-bond donors (Lipinski definition) is 1. The third kappa shape index (κ3) is 2.55. The molecule has 0 aromatic carbocycles. The Labute approximate surface area is 101 Å². The molecule has 1 aromatic heterocycles. The molecule has 0 atom stereocenters. The number of nitrogens with one attached hydrogen (secondary N) is 1. The Morgan fingerprint density at radius 1 is 1.44 bits per heavy atom. The van der Waals surface area contributed by atoms with Gasteiger partial charge < -0.3 is 5.32 Å². The smallest absolute Gasteiger partial charge is 0.239 e. The van der Waals surface area contributed by atoms with Crippen molar-refractivity contribution < 1.29 is 4.79 Å². The second kappa shape index (κ2) is 4.45. The molecule has 0 bridgehead atoms. The quantitative estimate of drug-likeness (QED) is 0.811. The van der Waals surface area contributed by atoms with E-state index >= 15 is 0 Å². The highest BCUT2D eigenvalue weighted by molar-refractivity contribution is 6.29. The number of nitrogens with zero attached hydrogens (tertiary/aromatic N) is 2. The Balaban J connectivity index is 3.13. The fourth-order valence-corrected chi connectivity index (χ4v) is 1.72. The number of rotatable bonds is 2. The zero-order chi connectivity index (χ0) is 12.5. The standard InChI is InChI=1S/C11H18ClN3O/c1-7-10(13-9(16)6-12)8(2)15(14-7)11(3,4)5/h6H2,1-5H3,(H,13,16). The molecular weight excluding hydrogens is 226 g/mol. The number of halogens is 1. The minimum Gasteiger partial charge on any atom is -0.322 e. The third-order valence-corrected chi connectivity index (χ3v) is 2.56. The lowest BCUT2D eigenvalue weighted by Crippen LogP contribution is -2.24. The molecule has 16 heavy (non-hydrogen) atoms. The first-order chi connectivity index (χ1) is 7.27. The van der Waals surface area contributed by atoms with E-state index < -0.39 is 0 Å². The number of alkyl halides is 1. The molecule has 1 rings (SSSR count). The maximum absolute atomic E-state index is 11.3. The topological polar surface area (TPSA) is 46.9 Å². The molecule has 1 amide bonds. The van der Waals surface area contributed by atoms with E-state index in [-0.39, 0.29) is 17.3 Å². The highest BCUT2D eigenvalue weighted by Gasteiger charge is 2.21. The minimum absolute atomic E-state index is 0.0421. The van der Waals surface area contributed by atoms with Crippen LogP contribution in [0.2, 0.25) is 0 Å². The molecule has 0 saturated carbocycles. The largest absolute Gasteiger partial charge is 0.322 e. The van der Waals surface area contributed by atoms with Crippen LogP contribution >= 0.6 is 11.6 Å². The predicted molar refractivity (Wildman–Crippen MR) is 66.0 cm³/mol. The van der Waals surface area contributed by atoms with Gasteiger partial charge in [0.15, 0.2) is 0 Å². The van der Waals surface area contributed by atoms with Gasteiger partial charge in [-0.2, -0.15) is 5.10 Å². The molecule has 1 heterocycles. The molecule has 0 aliphatic carbocycles. The number of aryl methyl sites for hydroxylation is 1. The van der Waals surface area contributed by atoms with Crippen LogP contribution < -0.4 is 5.32 Å². The van der Waals surface area contributed by atoms with Crippen molar-refractivity contribution in [2.75, 3.05) is 11.2 Å². The first-order valence-corrected chi connectivity index (χ1v) is 5.73. The van der Waals surface area contributed by atoms with Crippen LogP contribution in [-0.2, 0) is 10.3 Å². The van der Waals surface area contributed by atoms with Gasteiger partial charge in [-0.3, -0.25) is 9.48 Å². The molecular formula is C11H18ClN3O. The fourth-order valence-electron chi connectivity index (χ4n) is 1.65.